The summed E-state index contributed by atoms with van der Waals surface area (Å²) in [6.45, 7) is 0. The molecule has 14 heteroatoms. The Morgan fingerprint density at radius 2 is 0.786 bits per heavy atom. The van der Waals surface area contributed by atoms with Crippen LogP contribution in [0.3, 0.4) is 0 Å². The van der Waals surface area contributed by atoms with Crippen molar-refractivity contribution in [1.29, 1.82) is 0 Å². The van der Waals surface area contributed by atoms with Crippen LogP contribution < -0.4 is 0 Å². The summed E-state index contributed by atoms with van der Waals surface area (Å²) in [4.78, 5) is 46.3. The monoisotopic (exact) mass is 570 g/mol. The predicted molar refractivity (Wildman–Crippen MR) is 144 cm³/mol. The van der Waals surface area contributed by atoms with E-state index in [1.165, 1.54) is 48.5 Å². The minimum absolute atomic E-state index is 0.0490. The first-order valence-corrected chi connectivity index (χ1v) is 11.7. The molecule has 4 aromatic rings. The minimum Gasteiger partial charge on any atom is -0.507 e. The maximum atomic E-state index is 12.0. The third kappa shape index (κ3) is 6.23. The van der Waals surface area contributed by atoms with Crippen molar-refractivity contribution >= 4 is 46.6 Å². The molecule has 0 atom stereocenters. The zero-order valence-electron chi connectivity index (χ0n) is 21.0. The van der Waals surface area contributed by atoms with E-state index in [4.69, 9.17) is 10.2 Å². The maximum Gasteiger partial charge on any atom is 0.339 e. The Labute approximate surface area is 234 Å². The highest BCUT2D eigenvalue weighted by Gasteiger charge is 2.16. The number of carboxylic acids is 4. The van der Waals surface area contributed by atoms with Gasteiger partial charge in [0.05, 0.1) is 22.5 Å². The highest BCUT2D eigenvalue weighted by molar-refractivity contribution is 5.97. The number of azo groups is 2. The lowest BCUT2D eigenvalue weighted by Gasteiger charge is -2.08. The molecule has 0 bridgehead atoms. The van der Waals surface area contributed by atoms with E-state index >= 15 is 0 Å². The van der Waals surface area contributed by atoms with Crippen molar-refractivity contribution in [3.8, 4) is 22.6 Å². The van der Waals surface area contributed by atoms with Crippen LogP contribution in [0.4, 0.5) is 22.7 Å². The van der Waals surface area contributed by atoms with Crippen molar-refractivity contribution in [3.05, 3.63) is 95.1 Å². The Balaban J connectivity index is 1.67. The number of phenols is 2. The van der Waals surface area contributed by atoms with Gasteiger partial charge in [0.2, 0.25) is 0 Å². The summed E-state index contributed by atoms with van der Waals surface area (Å²) in [5.41, 5.74) is -0.799. The molecule has 0 aliphatic carbocycles. The topological polar surface area (TPSA) is 239 Å². The number of hydrogen-bond donors (Lipinski definition) is 6. The van der Waals surface area contributed by atoms with Crippen LogP contribution in [-0.4, -0.2) is 54.5 Å². The number of aromatic hydroxyl groups is 2. The molecule has 0 fully saturated rings. The van der Waals surface area contributed by atoms with Crippen molar-refractivity contribution < 1.29 is 49.8 Å². The van der Waals surface area contributed by atoms with E-state index in [1.807, 2.05) is 0 Å². The zero-order chi connectivity index (χ0) is 30.6. The standard InChI is InChI=1S/C28H18N4O10/c33-23-7-3-15(11-19(23)27(39)40)29-31-21-5-1-13(9-17(21)25(35)36)14-2-6-22(18(10-14)26(37)38)32-30-16-4-8-24(34)20(12-16)28(41)42/h1-12,33-34H,(H,35,36)(H,37,38)(H,39,40)(H,41,42). The molecule has 210 valence electrons. The molecular formula is C28H18N4O10. The summed E-state index contributed by atoms with van der Waals surface area (Å²) < 4.78 is 0. The van der Waals surface area contributed by atoms with Crippen molar-refractivity contribution in [2.24, 2.45) is 20.5 Å². The zero-order valence-corrected chi connectivity index (χ0v) is 21.0. The molecule has 0 radical (unpaired) electrons. The molecule has 4 rings (SSSR count). The Morgan fingerprint density at radius 3 is 1.12 bits per heavy atom. The molecule has 42 heavy (non-hydrogen) atoms. The molecule has 6 N–H and O–H groups in total. The van der Waals surface area contributed by atoms with E-state index in [1.54, 1.807) is 0 Å². The van der Waals surface area contributed by atoms with E-state index in [0.29, 0.717) is 11.1 Å². The second-order valence-electron chi connectivity index (χ2n) is 8.49. The SMILES string of the molecule is O=C(O)c1cc(N=Nc2ccc(-c3ccc(N=Nc4ccc(O)c(C(=O)O)c4)c(C(=O)O)c3)cc2C(=O)O)ccc1O. The lowest BCUT2D eigenvalue weighted by molar-refractivity contribution is 0.0682. The van der Waals surface area contributed by atoms with Gasteiger partial charge in [-0.05, 0) is 71.8 Å². The first-order valence-electron chi connectivity index (χ1n) is 11.7. The van der Waals surface area contributed by atoms with Crippen LogP contribution in [-0.2, 0) is 0 Å². The molecule has 0 aliphatic rings. The summed E-state index contributed by atoms with van der Waals surface area (Å²) in [6.07, 6.45) is 0. The lowest BCUT2D eigenvalue weighted by Crippen LogP contribution is -1.99. The van der Waals surface area contributed by atoms with Crippen molar-refractivity contribution in [2.75, 3.05) is 0 Å². The van der Waals surface area contributed by atoms with Crippen LogP contribution in [0.5, 0.6) is 11.5 Å². The molecule has 4 aromatic carbocycles. The van der Waals surface area contributed by atoms with Crippen LogP contribution in [0.25, 0.3) is 11.1 Å². The van der Waals surface area contributed by atoms with Gasteiger partial charge in [-0.3, -0.25) is 0 Å². The Bertz CT molecular complexity index is 1700. The summed E-state index contributed by atoms with van der Waals surface area (Å²) in [6, 6.07) is 15.1. The van der Waals surface area contributed by atoms with Crippen LogP contribution >= 0.6 is 0 Å². The fraction of sp³-hybridized carbons (Fsp3) is 0. The fourth-order valence-corrected chi connectivity index (χ4v) is 3.69. The Morgan fingerprint density at radius 1 is 0.429 bits per heavy atom. The highest BCUT2D eigenvalue weighted by Crippen LogP contribution is 2.33. The quantitative estimate of drug-likeness (QED) is 0.121. The predicted octanol–water partition coefficient (Wildman–Crippen LogP) is 6.39. The number of nitrogens with zero attached hydrogens (tertiary/aromatic N) is 4. The fourth-order valence-electron chi connectivity index (χ4n) is 3.69. The normalized spacial score (nSPS) is 11.1. The van der Waals surface area contributed by atoms with E-state index in [9.17, 15) is 39.6 Å². The second kappa shape index (κ2) is 11.7. The number of rotatable bonds is 9. The molecule has 0 heterocycles. The molecule has 0 unspecified atom stereocenters. The van der Waals surface area contributed by atoms with Gasteiger partial charge < -0.3 is 30.6 Å². The smallest absolute Gasteiger partial charge is 0.339 e. The van der Waals surface area contributed by atoms with Gasteiger partial charge in [0.25, 0.3) is 0 Å². The lowest BCUT2D eigenvalue weighted by atomic mass is 9.99. The van der Waals surface area contributed by atoms with Gasteiger partial charge in [-0.1, -0.05) is 12.1 Å². The van der Waals surface area contributed by atoms with Gasteiger partial charge in [-0.2, -0.15) is 10.2 Å². The average molecular weight is 570 g/mol. The highest BCUT2D eigenvalue weighted by atomic mass is 16.4. The van der Waals surface area contributed by atoms with Gasteiger partial charge in [0, 0.05) is 0 Å². The molecule has 0 amide bonds. The second-order valence-corrected chi connectivity index (χ2v) is 8.49. The van der Waals surface area contributed by atoms with E-state index in [2.05, 4.69) is 20.5 Å². The minimum atomic E-state index is -1.39. The summed E-state index contributed by atoms with van der Waals surface area (Å²) in [7, 11) is 0. The van der Waals surface area contributed by atoms with Gasteiger partial charge >= 0.3 is 23.9 Å². The maximum absolute atomic E-state index is 12.0. The number of carbonyl (C=O) groups is 4. The van der Waals surface area contributed by atoms with Crippen LogP contribution in [0.1, 0.15) is 41.4 Å². The van der Waals surface area contributed by atoms with Crippen LogP contribution in [0, 0.1) is 0 Å². The summed E-state index contributed by atoms with van der Waals surface area (Å²) in [5.74, 6) is -6.44. The average Bonchev–Trinajstić information content (AvgIpc) is 2.95. The van der Waals surface area contributed by atoms with Gasteiger partial charge in [-0.25, -0.2) is 19.2 Å². The van der Waals surface area contributed by atoms with E-state index in [-0.39, 0.29) is 33.9 Å². The third-order valence-corrected chi connectivity index (χ3v) is 5.75. The Hall–Kier alpha value is -6.44. The first kappa shape index (κ1) is 28.6. The van der Waals surface area contributed by atoms with E-state index in [0.717, 1.165) is 24.3 Å². The van der Waals surface area contributed by atoms with Gasteiger partial charge in [-0.15, -0.1) is 10.2 Å². The van der Waals surface area contributed by atoms with Crippen molar-refractivity contribution in [2.45, 2.75) is 0 Å². The summed E-state index contributed by atoms with van der Waals surface area (Å²) >= 11 is 0. The van der Waals surface area contributed by atoms with Crippen molar-refractivity contribution in [3.63, 3.8) is 0 Å². The largest absolute Gasteiger partial charge is 0.507 e. The number of carboxylic acid groups (broad SMARTS) is 4. The molecular weight excluding hydrogens is 552 g/mol. The molecule has 0 saturated heterocycles. The molecule has 0 aromatic heterocycles. The summed E-state index contributed by atoms with van der Waals surface area (Å²) in [5, 5.41) is 72.5. The molecule has 0 spiro atoms. The molecule has 0 aliphatic heterocycles. The first-order chi connectivity index (χ1) is 19.9. The van der Waals surface area contributed by atoms with Gasteiger partial charge in [0.15, 0.2) is 0 Å². The van der Waals surface area contributed by atoms with Crippen LogP contribution in [0.2, 0.25) is 0 Å². The van der Waals surface area contributed by atoms with Gasteiger partial charge in [0.1, 0.15) is 34.0 Å². The van der Waals surface area contributed by atoms with E-state index < -0.39 is 46.5 Å². The Kier molecular flexibility index (Phi) is 7.99. The van der Waals surface area contributed by atoms with Crippen LogP contribution in [0.15, 0.2) is 93.3 Å². The number of aromatic carboxylic acids is 4. The molecule has 14 nitrogen and oxygen atoms in total. The third-order valence-electron chi connectivity index (χ3n) is 5.75. The number of benzene rings is 4. The number of hydrogen-bond acceptors (Lipinski definition) is 10. The van der Waals surface area contributed by atoms with Crippen molar-refractivity contribution in [1.82, 2.24) is 0 Å². The molecule has 0 saturated carbocycles.